The number of nitrogens with one attached hydrogen (secondary N) is 3. The number of carbonyl (C=O) groups is 2. The van der Waals surface area contributed by atoms with E-state index in [-0.39, 0.29) is 30.5 Å². The number of amides is 2. The molecule has 0 unspecified atom stereocenters. The van der Waals surface area contributed by atoms with Crippen LogP contribution in [0.4, 0.5) is 10.6 Å². The van der Waals surface area contributed by atoms with Gasteiger partial charge in [-0.15, -0.1) is 0 Å². The van der Waals surface area contributed by atoms with Gasteiger partial charge in [0.15, 0.2) is 5.82 Å². The Hall–Kier alpha value is -2.14. The predicted octanol–water partition coefficient (Wildman–Crippen LogP) is 2.18. The normalized spacial score (nSPS) is 24.6. The van der Waals surface area contributed by atoms with Gasteiger partial charge in [-0.25, -0.2) is 17.5 Å². The first-order valence-corrected chi connectivity index (χ1v) is 12.4. The van der Waals surface area contributed by atoms with Crippen molar-refractivity contribution in [3.05, 3.63) is 11.8 Å². The molecule has 3 N–H and O–H groups in total. The van der Waals surface area contributed by atoms with Crippen LogP contribution in [0.5, 0.6) is 0 Å². The molecule has 10 nitrogen and oxygen atoms in total. The molecule has 2 heterocycles. The van der Waals surface area contributed by atoms with E-state index in [4.69, 9.17) is 4.74 Å². The summed E-state index contributed by atoms with van der Waals surface area (Å²) in [6.45, 7) is 7.60. The van der Waals surface area contributed by atoms with E-state index >= 15 is 0 Å². The molecule has 1 aromatic rings. The molecule has 1 saturated carbocycles. The molecule has 31 heavy (non-hydrogen) atoms. The van der Waals surface area contributed by atoms with Crippen LogP contribution in [0.25, 0.3) is 0 Å². The molecule has 1 aliphatic carbocycles. The summed E-state index contributed by atoms with van der Waals surface area (Å²) in [6.07, 6.45) is 2.29. The Kier molecular flexibility index (Phi) is 7.25. The van der Waals surface area contributed by atoms with Crippen LogP contribution >= 0.6 is 0 Å². The number of hydrogen-bond donors (Lipinski definition) is 3. The second-order valence-corrected chi connectivity index (χ2v) is 11.5. The first kappa shape index (κ1) is 23.5. The number of aromatic nitrogens is 2. The Morgan fingerprint density at radius 3 is 2.65 bits per heavy atom. The fourth-order valence-corrected chi connectivity index (χ4v) is 5.40. The molecule has 0 aromatic carbocycles. The summed E-state index contributed by atoms with van der Waals surface area (Å²) in [6, 6.07) is 1.83. The fourth-order valence-electron chi connectivity index (χ4n) is 4.06. The molecule has 2 aliphatic rings. The third kappa shape index (κ3) is 5.76. The lowest BCUT2D eigenvalue weighted by molar-refractivity contribution is -0.119. The van der Waals surface area contributed by atoms with Crippen molar-refractivity contribution in [2.24, 2.45) is 5.92 Å². The Labute approximate surface area is 183 Å². The quantitative estimate of drug-likeness (QED) is 0.577. The van der Waals surface area contributed by atoms with E-state index in [1.165, 1.54) is 4.31 Å². The van der Waals surface area contributed by atoms with Crippen molar-refractivity contribution in [3.63, 3.8) is 0 Å². The van der Waals surface area contributed by atoms with E-state index in [0.717, 1.165) is 18.5 Å². The minimum Gasteiger partial charge on any atom is -0.446 e. The van der Waals surface area contributed by atoms with Crippen molar-refractivity contribution in [1.82, 2.24) is 19.8 Å². The molecule has 2 amide bonds. The number of sulfonamides is 1. The second kappa shape index (κ2) is 9.56. The van der Waals surface area contributed by atoms with Gasteiger partial charge in [0.2, 0.25) is 15.9 Å². The first-order valence-electron chi connectivity index (χ1n) is 10.9. The van der Waals surface area contributed by atoms with Gasteiger partial charge in [0, 0.05) is 36.8 Å². The standard InChI is InChI=1S/C20H33N5O5S/c1-12(2)21-20(27)30-16-6-5-14(9-16)17-10-18(24-23-17)22-19(26)15-7-8-25(11-15)31(28,29)13(3)4/h10,12-16H,5-9,11H2,1-4H3,(H,21,27)(H2,22,23,24,26)/t14-,15+,16+/m0/s1. The van der Waals surface area contributed by atoms with Crippen LogP contribution in [0, 0.1) is 5.92 Å². The van der Waals surface area contributed by atoms with Crippen LogP contribution in [0.3, 0.4) is 0 Å². The molecule has 0 spiro atoms. The van der Waals surface area contributed by atoms with Crippen molar-refractivity contribution in [2.45, 2.75) is 76.7 Å². The average Bonchev–Trinajstić information content (AvgIpc) is 3.41. The number of aromatic amines is 1. The van der Waals surface area contributed by atoms with E-state index in [0.29, 0.717) is 25.2 Å². The zero-order valence-corrected chi connectivity index (χ0v) is 19.4. The molecule has 3 atom stereocenters. The number of rotatable bonds is 7. The van der Waals surface area contributed by atoms with Crippen LogP contribution in [-0.2, 0) is 19.6 Å². The summed E-state index contributed by atoms with van der Waals surface area (Å²) >= 11 is 0. The van der Waals surface area contributed by atoms with E-state index in [1.54, 1.807) is 19.9 Å². The molecular weight excluding hydrogens is 422 g/mol. The van der Waals surface area contributed by atoms with Gasteiger partial charge in [-0.3, -0.25) is 9.89 Å². The third-order valence-electron chi connectivity index (χ3n) is 5.83. The fraction of sp³-hybridized carbons (Fsp3) is 0.750. The van der Waals surface area contributed by atoms with Gasteiger partial charge in [-0.2, -0.15) is 5.10 Å². The maximum Gasteiger partial charge on any atom is 0.407 e. The van der Waals surface area contributed by atoms with E-state index in [9.17, 15) is 18.0 Å². The maximum atomic E-state index is 12.6. The highest BCUT2D eigenvalue weighted by molar-refractivity contribution is 7.89. The van der Waals surface area contributed by atoms with Crippen LogP contribution in [-0.4, -0.2) is 65.4 Å². The summed E-state index contributed by atoms with van der Waals surface area (Å²) in [5.41, 5.74) is 0.890. The van der Waals surface area contributed by atoms with Crippen LogP contribution in [0.15, 0.2) is 6.07 Å². The molecular formula is C20H33N5O5S. The second-order valence-electron chi connectivity index (χ2n) is 8.97. The highest BCUT2D eigenvalue weighted by atomic mass is 32.2. The lowest BCUT2D eigenvalue weighted by Gasteiger charge is -2.18. The Balaban J connectivity index is 1.50. The van der Waals surface area contributed by atoms with Gasteiger partial charge in [-0.1, -0.05) is 0 Å². The van der Waals surface area contributed by atoms with Crippen LogP contribution in [0.1, 0.15) is 65.0 Å². The molecule has 1 aliphatic heterocycles. The molecule has 1 aromatic heterocycles. The SMILES string of the molecule is CC(C)NC(=O)O[C@@H]1CC[C@H](c2cc(NC(=O)[C@@H]3CCN(S(=O)(=O)C(C)C)C3)n[nH]2)C1. The largest absolute Gasteiger partial charge is 0.446 e. The smallest absolute Gasteiger partial charge is 0.407 e. The van der Waals surface area contributed by atoms with Crippen molar-refractivity contribution >= 4 is 27.8 Å². The minimum absolute atomic E-state index is 0.0286. The van der Waals surface area contributed by atoms with Gasteiger partial charge < -0.3 is 15.4 Å². The Morgan fingerprint density at radius 2 is 1.97 bits per heavy atom. The van der Waals surface area contributed by atoms with Gasteiger partial charge in [0.05, 0.1) is 11.2 Å². The third-order valence-corrected chi connectivity index (χ3v) is 8.07. The molecule has 2 fully saturated rings. The lowest BCUT2D eigenvalue weighted by atomic mass is 10.0. The number of hydrogen-bond acceptors (Lipinski definition) is 6. The molecule has 1 saturated heterocycles. The van der Waals surface area contributed by atoms with Crippen LogP contribution < -0.4 is 10.6 Å². The molecule has 0 radical (unpaired) electrons. The Morgan fingerprint density at radius 1 is 1.23 bits per heavy atom. The average molecular weight is 456 g/mol. The molecule has 11 heteroatoms. The highest BCUT2D eigenvalue weighted by Gasteiger charge is 2.36. The van der Waals surface area contributed by atoms with Gasteiger partial charge in [-0.05, 0) is 53.4 Å². The monoisotopic (exact) mass is 455 g/mol. The maximum absolute atomic E-state index is 12.6. The van der Waals surface area contributed by atoms with Gasteiger partial charge in [0.25, 0.3) is 0 Å². The van der Waals surface area contributed by atoms with Crippen molar-refractivity contribution in [1.29, 1.82) is 0 Å². The number of carbonyl (C=O) groups excluding carboxylic acids is 2. The zero-order valence-electron chi connectivity index (χ0n) is 18.6. The lowest BCUT2D eigenvalue weighted by Crippen LogP contribution is -2.36. The van der Waals surface area contributed by atoms with E-state index < -0.39 is 27.3 Å². The summed E-state index contributed by atoms with van der Waals surface area (Å²) in [7, 11) is -3.35. The highest BCUT2D eigenvalue weighted by Crippen LogP contribution is 2.36. The number of H-pyrrole nitrogens is 1. The molecule has 174 valence electrons. The summed E-state index contributed by atoms with van der Waals surface area (Å²) < 4.78 is 31.4. The van der Waals surface area contributed by atoms with E-state index in [1.807, 2.05) is 13.8 Å². The number of alkyl carbamates (subject to hydrolysis) is 1. The van der Waals surface area contributed by atoms with Gasteiger partial charge >= 0.3 is 6.09 Å². The van der Waals surface area contributed by atoms with Crippen molar-refractivity contribution < 1.29 is 22.7 Å². The first-order chi connectivity index (χ1) is 14.6. The van der Waals surface area contributed by atoms with E-state index in [2.05, 4.69) is 20.8 Å². The summed E-state index contributed by atoms with van der Waals surface area (Å²) in [5, 5.41) is 12.2. The number of nitrogens with zero attached hydrogens (tertiary/aromatic N) is 2. The van der Waals surface area contributed by atoms with Gasteiger partial charge in [0.1, 0.15) is 6.10 Å². The summed E-state index contributed by atoms with van der Waals surface area (Å²) in [4.78, 5) is 24.4. The minimum atomic E-state index is -3.35. The summed E-state index contributed by atoms with van der Waals surface area (Å²) in [5.74, 6) is -0.0184. The number of ether oxygens (including phenoxy) is 1. The van der Waals surface area contributed by atoms with Crippen LogP contribution in [0.2, 0.25) is 0 Å². The predicted molar refractivity (Wildman–Crippen MR) is 116 cm³/mol. The molecule has 0 bridgehead atoms. The number of anilines is 1. The topological polar surface area (TPSA) is 133 Å². The Bertz CT molecular complexity index is 898. The van der Waals surface area contributed by atoms with Crippen molar-refractivity contribution in [3.8, 4) is 0 Å². The molecule has 3 rings (SSSR count). The zero-order chi connectivity index (χ0) is 22.8. The van der Waals surface area contributed by atoms with Crippen molar-refractivity contribution in [2.75, 3.05) is 18.4 Å².